The highest BCUT2D eigenvalue weighted by Crippen LogP contribution is 2.41. The largest absolute Gasteiger partial charge is 0.481 e. The van der Waals surface area contributed by atoms with Gasteiger partial charge < -0.3 is 10.4 Å². The van der Waals surface area contributed by atoms with E-state index in [2.05, 4.69) is 26.1 Å². The second-order valence-corrected chi connectivity index (χ2v) is 7.12. The van der Waals surface area contributed by atoms with Crippen LogP contribution in [0.2, 0.25) is 0 Å². The lowest BCUT2D eigenvalue weighted by molar-refractivity contribution is -0.147. The first-order valence-electron chi connectivity index (χ1n) is 6.60. The number of aliphatic carboxylic acids is 1. The second kappa shape index (κ2) is 4.97. The van der Waals surface area contributed by atoms with E-state index in [0.29, 0.717) is 17.9 Å². The molecule has 3 heteroatoms. The smallest absolute Gasteiger partial charge is 0.309 e. The van der Waals surface area contributed by atoms with Gasteiger partial charge in [0, 0.05) is 6.04 Å². The predicted octanol–water partition coefficient (Wildman–Crippen LogP) is 2.90. The van der Waals surface area contributed by atoms with Crippen LogP contribution in [-0.2, 0) is 4.79 Å². The van der Waals surface area contributed by atoms with Crippen LogP contribution < -0.4 is 5.32 Å². The van der Waals surface area contributed by atoms with Crippen LogP contribution >= 0.6 is 0 Å². The lowest BCUT2D eigenvalue weighted by atomic mass is 9.66. The molecule has 1 aliphatic rings. The van der Waals surface area contributed by atoms with Gasteiger partial charge in [0.05, 0.1) is 5.41 Å². The van der Waals surface area contributed by atoms with Crippen LogP contribution in [0.5, 0.6) is 0 Å². The Morgan fingerprint density at radius 1 is 1.24 bits per heavy atom. The first-order valence-corrected chi connectivity index (χ1v) is 6.60. The molecule has 1 aliphatic carbocycles. The van der Waals surface area contributed by atoms with E-state index in [1.54, 1.807) is 13.8 Å². The summed E-state index contributed by atoms with van der Waals surface area (Å²) < 4.78 is 0. The molecule has 2 N–H and O–H groups in total. The maximum atomic E-state index is 10.9. The Morgan fingerprint density at radius 2 is 1.76 bits per heavy atom. The van der Waals surface area contributed by atoms with Crippen LogP contribution in [0.25, 0.3) is 0 Å². The molecule has 0 saturated heterocycles. The molecular weight excluding hydrogens is 214 g/mol. The van der Waals surface area contributed by atoms with Crippen molar-refractivity contribution in [3.8, 4) is 0 Å². The van der Waals surface area contributed by atoms with E-state index < -0.39 is 11.4 Å². The van der Waals surface area contributed by atoms with Crippen molar-refractivity contribution in [3.63, 3.8) is 0 Å². The molecule has 0 amide bonds. The molecule has 1 saturated carbocycles. The van der Waals surface area contributed by atoms with Gasteiger partial charge in [-0.05, 0) is 51.0 Å². The van der Waals surface area contributed by atoms with Crippen LogP contribution in [0.3, 0.4) is 0 Å². The Bertz CT molecular complexity index is 272. The van der Waals surface area contributed by atoms with Gasteiger partial charge in [-0.3, -0.25) is 4.79 Å². The first kappa shape index (κ1) is 14.5. The molecule has 0 unspecified atom stereocenters. The van der Waals surface area contributed by atoms with Crippen molar-refractivity contribution < 1.29 is 9.90 Å². The van der Waals surface area contributed by atoms with E-state index >= 15 is 0 Å². The van der Waals surface area contributed by atoms with Crippen molar-refractivity contribution in [1.82, 2.24) is 5.32 Å². The topological polar surface area (TPSA) is 49.3 Å². The monoisotopic (exact) mass is 241 g/mol. The van der Waals surface area contributed by atoms with Crippen molar-refractivity contribution >= 4 is 5.97 Å². The zero-order valence-corrected chi connectivity index (χ0v) is 11.8. The summed E-state index contributed by atoms with van der Waals surface area (Å²) in [6.07, 6.45) is 3.16. The van der Waals surface area contributed by atoms with Crippen molar-refractivity contribution in [2.75, 3.05) is 6.54 Å². The van der Waals surface area contributed by atoms with Gasteiger partial charge in [-0.15, -0.1) is 0 Å². The fourth-order valence-electron chi connectivity index (χ4n) is 2.19. The Morgan fingerprint density at radius 3 is 2.18 bits per heavy atom. The summed E-state index contributed by atoms with van der Waals surface area (Å²) >= 11 is 0. The molecule has 0 aromatic carbocycles. The SMILES string of the molecule is CC(C)(CCNC1CC(C(C)(C)C)C1)C(=O)O. The minimum absolute atomic E-state index is 0.415. The Labute approximate surface area is 105 Å². The Balaban J connectivity index is 2.17. The lowest BCUT2D eigenvalue weighted by Gasteiger charge is -2.44. The summed E-state index contributed by atoms with van der Waals surface area (Å²) in [5, 5.41) is 12.5. The minimum atomic E-state index is -0.708. The average molecular weight is 241 g/mol. The van der Waals surface area contributed by atoms with Crippen molar-refractivity contribution in [2.45, 2.75) is 59.9 Å². The molecule has 0 aromatic rings. The highest BCUT2D eigenvalue weighted by atomic mass is 16.4. The van der Waals surface area contributed by atoms with E-state index in [-0.39, 0.29) is 0 Å². The molecule has 0 aliphatic heterocycles. The van der Waals surface area contributed by atoms with Crippen molar-refractivity contribution in [2.24, 2.45) is 16.7 Å². The zero-order valence-electron chi connectivity index (χ0n) is 11.8. The van der Waals surface area contributed by atoms with E-state index in [9.17, 15) is 4.79 Å². The molecule has 100 valence electrons. The molecule has 17 heavy (non-hydrogen) atoms. The minimum Gasteiger partial charge on any atom is -0.481 e. The molecule has 0 spiro atoms. The first-order chi connectivity index (χ1) is 7.63. The number of carbonyl (C=O) groups is 1. The molecule has 0 heterocycles. The Hall–Kier alpha value is -0.570. The number of carboxylic acid groups (broad SMARTS) is 1. The number of hydrogen-bond acceptors (Lipinski definition) is 2. The van der Waals surface area contributed by atoms with Crippen LogP contribution in [0.4, 0.5) is 0 Å². The number of hydrogen-bond donors (Lipinski definition) is 2. The van der Waals surface area contributed by atoms with Gasteiger partial charge >= 0.3 is 5.97 Å². The normalized spacial score (nSPS) is 25.5. The number of rotatable bonds is 5. The summed E-state index contributed by atoms with van der Waals surface area (Å²) in [6, 6.07) is 0.601. The quantitative estimate of drug-likeness (QED) is 0.778. The van der Waals surface area contributed by atoms with Crippen LogP contribution in [0.1, 0.15) is 53.9 Å². The third-order valence-electron chi connectivity index (χ3n) is 4.12. The molecule has 1 fully saturated rings. The van der Waals surface area contributed by atoms with Gasteiger partial charge in [0.2, 0.25) is 0 Å². The zero-order chi connectivity index (χ0) is 13.3. The lowest BCUT2D eigenvalue weighted by Crippen LogP contribution is -2.46. The van der Waals surface area contributed by atoms with Gasteiger partial charge in [0.25, 0.3) is 0 Å². The summed E-state index contributed by atoms with van der Waals surface area (Å²) in [5.41, 5.74) is -0.196. The number of nitrogens with one attached hydrogen (secondary N) is 1. The second-order valence-electron chi connectivity index (χ2n) is 7.12. The average Bonchev–Trinajstić information content (AvgIpc) is 2.06. The van der Waals surface area contributed by atoms with E-state index in [0.717, 1.165) is 12.5 Å². The maximum absolute atomic E-state index is 10.9. The van der Waals surface area contributed by atoms with Gasteiger partial charge in [-0.25, -0.2) is 0 Å². The van der Waals surface area contributed by atoms with Crippen molar-refractivity contribution in [3.05, 3.63) is 0 Å². The molecule has 0 atom stereocenters. The highest BCUT2D eigenvalue weighted by molar-refractivity contribution is 5.73. The number of carboxylic acids is 1. The van der Waals surface area contributed by atoms with Gasteiger partial charge in [0.1, 0.15) is 0 Å². The van der Waals surface area contributed by atoms with Crippen LogP contribution in [0, 0.1) is 16.7 Å². The van der Waals surface area contributed by atoms with Crippen molar-refractivity contribution in [1.29, 1.82) is 0 Å². The third-order valence-corrected chi connectivity index (χ3v) is 4.12. The fourth-order valence-corrected chi connectivity index (χ4v) is 2.19. The van der Waals surface area contributed by atoms with Crippen LogP contribution in [-0.4, -0.2) is 23.7 Å². The van der Waals surface area contributed by atoms with Gasteiger partial charge in [0.15, 0.2) is 0 Å². The standard InChI is InChI=1S/C14H27NO2/c1-13(2,3)10-8-11(9-10)15-7-6-14(4,5)12(16)17/h10-11,15H,6-9H2,1-5H3,(H,16,17). The fraction of sp³-hybridized carbons (Fsp3) is 0.929. The van der Waals surface area contributed by atoms with Gasteiger partial charge in [-0.2, -0.15) is 0 Å². The van der Waals surface area contributed by atoms with Crippen LogP contribution in [0.15, 0.2) is 0 Å². The predicted molar refractivity (Wildman–Crippen MR) is 70.0 cm³/mol. The molecule has 0 radical (unpaired) electrons. The molecular formula is C14H27NO2. The van der Waals surface area contributed by atoms with E-state index in [1.165, 1.54) is 12.8 Å². The summed E-state index contributed by atoms with van der Waals surface area (Å²) in [5.74, 6) is 0.105. The highest BCUT2D eigenvalue weighted by Gasteiger charge is 2.37. The molecule has 3 nitrogen and oxygen atoms in total. The van der Waals surface area contributed by atoms with Gasteiger partial charge in [-0.1, -0.05) is 20.8 Å². The Kier molecular flexibility index (Phi) is 4.23. The molecule has 1 rings (SSSR count). The summed E-state index contributed by atoms with van der Waals surface area (Å²) in [6.45, 7) is 11.3. The van der Waals surface area contributed by atoms with E-state index in [4.69, 9.17) is 5.11 Å². The summed E-state index contributed by atoms with van der Waals surface area (Å²) in [4.78, 5) is 10.9. The third kappa shape index (κ3) is 3.98. The van der Waals surface area contributed by atoms with E-state index in [1.807, 2.05) is 0 Å². The maximum Gasteiger partial charge on any atom is 0.309 e. The molecule has 0 bridgehead atoms. The molecule has 0 aromatic heterocycles. The summed E-state index contributed by atoms with van der Waals surface area (Å²) in [7, 11) is 0.